The number of carbonyl (C=O) groups is 1. The number of thiophene rings is 1. The molecule has 0 unspecified atom stereocenters. The third kappa shape index (κ3) is 3.44. The fourth-order valence-electron chi connectivity index (χ4n) is 2.74. The van der Waals surface area contributed by atoms with Gasteiger partial charge in [-0.15, -0.1) is 11.3 Å². The second kappa shape index (κ2) is 6.72. The molecule has 4 rings (SSSR count). The third-order valence-electron chi connectivity index (χ3n) is 4.25. The van der Waals surface area contributed by atoms with Crippen LogP contribution in [0.2, 0.25) is 0 Å². The highest BCUT2D eigenvalue weighted by molar-refractivity contribution is 7.13. The molecule has 0 atom stereocenters. The number of amides is 1. The summed E-state index contributed by atoms with van der Waals surface area (Å²) in [5, 5.41) is 5.96. The molecule has 3 aromatic rings. The van der Waals surface area contributed by atoms with Gasteiger partial charge in [0.1, 0.15) is 5.75 Å². The van der Waals surface area contributed by atoms with Crippen LogP contribution in [0.15, 0.2) is 52.4 Å². The predicted octanol–water partition coefficient (Wildman–Crippen LogP) is 4.22. The Kier molecular flexibility index (Phi) is 4.28. The van der Waals surface area contributed by atoms with E-state index in [2.05, 4.69) is 5.16 Å². The molecule has 2 heterocycles. The maximum Gasteiger partial charge on any atom is 0.276 e. The van der Waals surface area contributed by atoms with Crippen molar-refractivity contribution in [3.05, 3.63) is 59.1 Å². The Hall–Kier alpha value is -2.60. The molecule has 25 heavy (non-hydrogen) atoms. The first-order valence-corrected chi connectivity index (χ1v) is 9.07. The Morgan fingerprint density at radius 3 is 2.76 bits per heavy atom. The van der Waals surface area contributed by atoms with Crippen LogP contribution in [0.5, 0.6) is 5.75 Å². The van der Waals surface area contributed by atoms with Crippen molar-refractivity contribution in [3.8, 4) is 16.4 Å². The van der Waals surface area contributed by atoms with E-state index in [1.807, 2.05) is 46.7 Å². The summed E-state index contributed by atoms with van der Waals surface area (Å²) >= 11 is 1.56. The summed E-state index contributed by atoms with van der Waals surface area (Å²) in [6.45, 7) is 0.564. The van der Waals surface area contributed by atoms with E-state index in [1.165, 1.54) is 0 Å². The van der Waals surface area contributed by atoms with Gasteiger partial charge < -0.3 is 14.2 Å². The Morgan fingerprint density at radius 2 is 2.12 bits per heavy atom. The second-order valence-corrected chi connectivity index (χ2v) is 7.01. The summed E-state index contributed by atoms with van der Waals surface area (Å²) < 4.78 is 10.5. The van der Waals surface area contributed by atoms with Crippen molar-refractivity contribution < 1.29 is 14.1 Å². The lowest BCUT2D eigenvalue weighted by molar-refractivity contribution is 0.0719. The number of benzene rings is 1. The molecule has 6 heteroatoms. The third-order valence-corrected chi connectivity index (χ3v) is 5.14. The Bertz CT molecular complexity index is 851. The molecule has 1 aliphatic rings. The first-order valence-electron chi connectivity index (χ1n) is 8.19. The lowest BCUT2D eigenvalue weighted by Crippen LogP contribution is -2.32. The van der Waals surface area contributed by atoms with Crippen LogP contribution >= 0.6 is 11.3 Å². The number of hydrogen-bond acceptors (Lipinski definition) is 5. The monoisotopic (exact) mass is 354 g/mol. The normalized spacial score (nSPS) is 13.6. The molecule has 1 fully saturated rings. The Morgan fingerprint density at radius 1 is 1.32 bits per heavy atom. The van der Waals surface area contributed by atoms with Gasteiger partial charge in [0.25, 0.3) is 5.91 Å². The molecule has 5 nitrogen and oxygen atoms in total. The maximum atomic E-state index is 12.9. The van der Waals surface area contributed by atoms with E-state index >= 15 is 0 Å². The van der Waals surface area contributed by atoms with Crippen molar-refractivity contribution in [2.75, 3.05) is 7.11 Å². The van der Waals surface area contributed by atoms with Gasteiger partial charge in [0, 0.05) is 18.7 Å². The summed E-state index contributed by atoms with van der Waals surface area (Å²) in [5.41, 5.74) is 1.44. The molecule has 1 saturated carbocycles. The van der Waals surface area contributed by atoms with Crippen LogP contribution in [-0.4, -0.2) is 29.1 Å². The molecule has 1 aliphatic carbocycles. The number of nitrogens with zero attached hydrogens (tertiary/aromatic N) is 2. The van der Waals surface area contributed by atoms with Crippen LogP contribution < -0.4 is 4.74 Å². The number of hydrogen-bond donors (Lipinski definition) is 0. The molecular formula is C19H18N2O3S. The summed E-state index contributed by atoms with van der Waals surface area (Å²) in [5.74, 6) is 1.37. The van der Waals surface area contributed by atoms with E-state index in [1.54, 1.807) is 24.5 Å². The van der Waals surface area contributed by atoms with Crippen LogP contribution in [0.3, 0.4) is 0 Å². The zero-order chi connectivity index (χ0) is 17.2. The molecule has 128 valence electrons. The largest absolute Gasteiger partial charge is 0.497 e. The minimum atomic E-state index is -0.0788. The average molecular weight is 354 g/mol. The van der Waals surface area contributed by atoms with E-state index in [4.69, 9.17) is 9.26 Å². The van der Waals surface area contributed by atoms with E-state index in [0.29, 0.717) is 18.0 Å². The van der Waals surface area contributed by atoms with Gasteiger partial charge in [-0.25, -0.2) is 0 Å². The molecular weight excluding hydrogens is 336 g/mol. The van der Waals surface area contributed by atoms with E-state index in [0.717, 1.165) is 29.0 Å². The van der Waals surface area contributed by atoms with Crippen molar-refractivity contribution in [3.63, 3.8) is 0 Å². The number of rotatable bonds is 6. The van der Waals surface area contributed by atoms with Crippen molar-refractivity contribution in [2.45, 2.75) is 25.4 Å². The number of ether oxygens (including phenoxy) is 1. The van der Waals surface area contributed by atoms with Crippen LogP contribution in [0.1, 0.15) is 28.9 Å². The van der Waals surface area contributed by atoms with Crippen LogP contribution in [0, 0.1) is 0 Å². The van der Waals surface area contributed by atoms with Gasteiger partial charge in [-0.1, -0.05) is 23.4 Å². The van der Waals surface area contributed by atoms with E-state index in [-0.39, 0.29) is 11.9 Å². The molecule has 0 aliphatic heterocycles. The summed E-state index contributed by atoms with van der Waals surface area (Å²) in [4.78, 5) is 15.8. The van der Waals surface area contributed by atoms with Gasteiger partial charge in [-0.3, -0.25) is 4.79 Å². The van der Waals surface area contributed by atoms with Gasteiger partial charge >= 0.3 is 0 Å². The number of methoxy groups -OCH3 is 1. The number of aromatic nitrogens is 1. The molecule has 1 aromatic carbocycles. The van der Waals surface area contributed by atoms with Crippen molar-refractivity contribution in [1.82, 2.24) is 10.1 Å². The zero-order valence-electron chi connectivity index (χ0n) is 13.8. The Labute approximate surface area is 149 Å². The summed E-state index contributed by atoms with van der Waals surface area (Å²) in [6, 6.07) is 13.7. The quantitative estimate of drug-likeness (QED) is 0.665. The summed E-state index contributed by atoms with van der Waals surface area (Å²) in [7, 11) is 1.64. The SMILES string of the molecule is COc1ccc(CN(C(=O)c2cc(-c3cccs3)on2)C2CC2)cc1. The lowest BCUT2D eigenvalue weighted by Gasteiger charge is -2.21. The standard InChI is InChI=1S/C19H18N2O3S/c1-23-15-8-4-13(5-9-15)12-21(14-6-7-14)19(22)16-11-17(24-20-16)18-3-2-10-25-18/h2-5,8-11,14H,6-7,12H2,1H3. The highest BCUT2D eigenvalue weighted by Gasteiger charge is 2.34. The van der Waals surface area contributed by atoms with Crippen LogP contribution in [0.25, 0.3) is 10.6 Å². The Balaban J connectivity index is 1.53. The fraction of sp³-hybridized carbons (Fsp3) is 0.263. The molecule has 0 radical (unpaired) electrons. The minimum absolute atomic E-state index is 0.0788. The predicted molar refractivity (Wildman–Crippen MR) is 95.7 cm³/mol. The van der Waals surface area contributed by atoms with Crippen LogP contribution in [-0.2, 0) is 6.54 Å². The highest BCUT2D eigenvalue weighted by Crippen LogP contribution is 2.31. The molecule has 2 aromatic heterocycles. The number of carbonyl (C=O) groups excluding carboxylic acids is 1. The molecule has 1 amide bonds. The first kappa shape index (κ1) is 15.9. The average Bonchev–Trinajstić information content (AvgIpc) is 3.13. The van der Waals surface area contributed by atoms with Gasteiger partial charge in [-0.2, -0.15) is 0 Å². The smallest absolute Gasteiger partial charge is 0.276 e. The fourth-order valence-corrected chi connectivity index (χ4v) is 3.41. The molecule has 0 bridgehead atoms. The van der Waals surface area contributed by atoms with Crippen LogP contribution in [0.4, 0.5) is 0 Å². The lowest BCUT2D eigenvalue weighted by atomic mass is 10.2. The molecule has 0 N–H and O–H groups in total. The van der Waals surface area contributed by atoms with Crippen molar-refractivity contribution in [2.24, 2.45) is 0 Å². The maximum absolute atomic E-state index is 12.9. The topological polar surface area (TPSA) is 55.6 Å². The zero-order valence-corrected chi connectivity index (χ0v) is 14.7. The second-order valence-electron chi connectivity index (χ2n) is 6.07. The minimum Gasteiger partial charge on any atom is -0.497 e. The van der Waals surface area contributed by atoms with Gasteiger partial charge in [0.2, 0.25) is 0 Å². The van der Waals surface area contributed by atoms with Crippen molar-refractivity contribution in [1.29, 1.82) is 0 Å². The first-order chi connectivity index (χ1) is 12.2. The van der Waals surface area contributed by atoms with E-state index < -0.39 is 0 Å². The molecule has 0 saturated heterocycles. The summed E-state index contributed by atoms with van der Waals surface area (Å²) in [6.07, 6.45) is 2.08. The van der Waals surface area contributed by atoms with Gasteiger partial charge in [0.15, 0.2) is 11.5 Å². The van der Waals surface area contributed by atoms with E-state index in [9.17, 15) is 4.79 Å². The molecule has 0 spiro atoms. The van der Waals surface area contributed by atoms with Gasteiger partial charge in [-0.05, 0) is 42.0 Å². The van der Waals surface area contributed by atoms with Crippen molar-refractivity contribution >= 4 is 17.2 Å². The highest BCUT2D eigenvalue weighted by atomic mass is 32.1. The van der Waals surface area contributed by atoms with Gasteiger partial charge in [0.05, 0.1) is 12.0 Å².